The zero-order valence-corrected chi connectivity index (χ0v) is 23.9. The molecule has 190 valence electrons. The van der Waals surface area contributed by atoms with Crippen molar-refractivity contribution in [3.05, 3.63) is 102 Å². The second-order valence-electron chi connectivity index (χ2n) is 12.3. The summed E-state index contributed by atoms with van der Waals surface area (Å²) in [5, 5.41) is 12.4. The lowest BCUT2D eigenvalue weighted by molar-refractivity contribution is 0.411. The standard InChI is InChI=1S/C35H34N2S/c1-34(2,3)20-23-11-13-24(14-12-23)32-15-16-33(38-32)29-19-31(37-22-27(29)21-36)26-17-25-9-7-8-10-28(25)30(18-26)35(4,5)6/h7-19,22H,20H2,1-6H3. The van der Waals surface area contributed by atoms with Gasteiger partial charge in [-0.3, -0.25) is 4.98 Å². The zero-order chi connectivity index (χ0) is 27.1. The lowest BCUT2D eigenvalue weighted by Gasteiger charge is -2.22. The van der Waals surface area contributed by atoms with Gasteiger partial charge in [-0.15, -0.1) is 11.3 Å². The number of benzene rings is 3. The summed E-state index contributed by atoms with van der Waals surface area (Å²) in [5.41, 5.74) is 7.61. The zero-order valence-electron chi connectivity index (χ0n) is 23.1. The van der Waals surface area contributed by atoms with E-state index in [1.54, 1.807) is 17.5 Å². The van der Waals surface area contributed by atoms with E-state index < -0.39 is 0 Å². The van der Waals surface area contributed by atoms with E-state index in [1.165, 1.54) is 32.3 Å². The Morgan fingerprint density at radius 3 is 2.18 bits per heavy atom. The third-order valence-electron chi connectivity index (χ3n) is 6.83. The molecule has 0 saturated carbocycles. The van der Waals surface area contributed by atoms with Gasteiger partial charge in [0.25, 0.3) is 0 Å². The average Bonchev–Trinajstić information content (AvgIpc) is 3.37. The van der Waals surface area contributed by atoms with Gasteiger partial charge in [0.1, 0.15) is 6.07 Å². The number of aromatic nitrogens is 1. The van der Waals surface area contributed by atoms with Gasteiger partial charge in [0.15, 0.2) is 0 Å². The van der Waals surface area contributed by atoms with E-state index in [-0.39, 0.29) is 10.8 Å². The monoisotopic (exact) mass is 514 g/mol. The van der Waals surface area contributed by atoms with Gasteiger partial charge in [0.2, 0.25) is 0 Å². The van der Waals surface area contributed by atoms with E-state index in [4.69, 9.17) is 4.98 Å². The maximum absolute atomic E-state index is 9.90. The third kappa shape index (κ3) is 5.42. The lowest BCUT2D eigenvalue weighted by atomic mass is 9.82. The molecule has 0 amide bonds. The highest BCUT2D eigenvalue weighted by Gasteiger charge is 2.19. The smallest absolute Gasteiger partial charge is 0.101 e. The fourth-order valence-corrected chi connectivity index (χ4v) is 6.06. The molecule has 0 atom stereocenters. The molecular weight excluding hydrogens is 480 g/mol. The van der Waals surface area contributed by atoms with Crippen molar-refractivity contribution in [3.63, 3.8) is 0 Å². The summed E-state index contributed by atoms with van der Waals surface area (Å²) in [6, 6.07) is 30.6. The number of nitriles is 1. The summed E-state index contributed by atoms with van der Waals surface area (Å²) >= 11 is 1.72. The van der Waals surface area contributed by atoms with Crippen LogP contribution < -0.4 is 0 Å². The highest BCUT2D eigenvalue weighted by molar-refractivity contribution is 7.18. The summed E-state index contributed by atoms with van der Waals surface area (Å²) in [6.07, 6.45) is 2.78. The number of rotatable bonds is 4. The number of thiophene rings is 1. The Morgan fingerprint density at radius 1 is 0.789 bits per heavy atom. The Kier molecular flexibility index (Phi) is 6.72. The van der Waals surface area contributed by atoms with Crippen LogP contribution in [0.5, 0.6) is 0 Å². The molecule has 0 N–H and O–H groups in total. The molecule has 0 aliphatic heterocycles. The fourth-order valence-electron chi connectivity index (χ4n) is 5.02. The van der Waals surface area contributed by atoms with Gasteiger partial charge in [-0.25, -0.2) is 0 Å². The molecule has 0 aliphatic rings. The molecule has 0 unspecified atom stereocenters. The minimum absolute atomic E-state index is 0.00385. The largest absolute Gasteiger partial charge is 0.255 e. The number of hydrogen-bond donors (Lipinski definition) is 0. The first-order chi connectivity index (χ1) is 18.0. The van der Waals surface area contributed by atoms with E-state index in [1.807, 2.05) is 0 Å². The minimum atomic E-state index is -0.00385. The maximum Gasteiger partial charge on any atom is 0.101 e. The normalized spacial score (nSPS) is 12.0. The SMILES string of the molecule is CC(C)(C)Cc1ccc(-c2ccc(-c3cc(-c4cc(C(C)(C)C)c5ccccc5c4)ncc3C#N)s2)cc1. The van der Waals surface area contributed by atoms with Crippen LogP contribution in [-0.2, 0) is 11.8 Å². The Morgan fingerprint density at radius 2 is 1.50 bits per heavy atom. The van der Waals surface area contributed by atoms with Crippen molar-refractivity contribution in [1.29, 1.82) is 5.26 Å². The van der Waals surface area contributed by atoms with E-state index in [2.05, 4.69) is 126 Å². The second-order valence-corrected chi connectivity index (χ2v) is 13.4. The first-order valence-electron chi connectivity index (χ1n) is 13.2. The first-order valence-corrected chi connectivity index (χ1v) is 14.0. The lowest BCUT2D eigenvalue weighted by Crippen LogP contribution is -2.12. The van der Waals surface area contributed by atoms with Crippen LogP contribution >= 0.6 is 11.3 Å². The molecule has 38 heavy (non-hydrogen) atoms. The first kappa shape index (κ1) is 25.9. The van der Waals surface area contributed by atoms with Gasteiger partial charge in [-0.2, -0.15) is 5.26 Å². The molecule has 2 heterocycles. The van der Waals surface area contributed by atoms with Gasteiger partial charge < -0.3 is 0 Å². The van der Waals surface area contributed by atoms with Crippen molar-refractivity contribution in [1.82, 2.24) is 4.98 Å². The Hall–Kier alpha value is -3.74. The average molecular weight is 515 g/mol. The van der Waals surface area contributed by atoms with Crippen LogP contribution in [0.25, 0.3) is 42.9 Å². The molecule has 3 aromatic carbocycles. The van der Waals surface area contributed by atoms with Crippen LogP contribution in [0.1, 0.15) is 58.2 Å². The predicted octanol–water partition coefficient (Wildman–Crippen LogP) is 10.1. The number of hydrogen-bond acceptors (Lipinski definition) is 3. The third-order valence-corrected chi connectivity index (χ3v) is 8.00. The second kappa shape index (κ2) is 9.86. The van der Waals surface area contributed by atoms with E-state index in [0.717, 1.165) is 28.1 Å². The molecule has 0 radical (unpaired) electrons. The highest BCUT2D eigenvalue weighted by Crippen LogP contribution is 2.39. The number of nitrogens with zero attached hydrogens (tertiary/aromatic N) is 2. The molecule has 2 aromatic heterocycles. The van der Waals surface area contributed by atoms with Crippen LogP contribution in [-0.4, -0.2) is 4.98 Å². The Labute approximate surface area is 230 Å². The summed E-state index contributed by atoms with van der Waals surface area (Å²) in [5.74, 6) is 0. The molecule has 0 spiro atoms. The van der Waals surface area contributed by atoms with Crippen molar-refractivity contribution in [3.8, 4) is 38.2 Å². The van der Waals surface area contributed by atoms with Crippen LogP contribution in [0.2, 0.25) is 0 Å². The Bertz CT molecular complexity index is 1650. The highest BCUT2D eigenvalue weighted by atomic mass is 32.1. The number of pyridine rings is 1. The van der Waals surface area contributed by atoms with Gasteiger partial charge in [-0.05, 0) is 75.0 Å². The molecular formula is C35H34N2S. The van der Waals surface area contributed by atoms with Gasteiger partial charge in [-0.1, -0.05) is 90.1 Å². The van der Waals surface area contributed by atoms with Crippen molar-refractivity contribution in [2.45, 2.75) is 53.4 Å². The summed E-state index contributed by atoms with van der Waals surface area (Å²) in [7, 11) is 0. The summed E-state index contributed by atoms with van der Waals surface area (Å²) < 4.78 is 0. The van der Waals surface area contributed by atoms with Crippen LogP contribution in [0, 0.1) is 16.7 Å². The summed E-state index contributed by atoms with van der Waals surface area (Å²) in [6.45, 7) is 13.6. The quantitative estimate of drug-likeness (QED) is 0.239. The van der Waals surface area contributed by atoms with Gasteiger partial charge in [0.05, 0.1) is 11.3 Å². The van der Waals surface area contributed by atoms with Crippen molar-refractivity contribution < 1.29 is 0 Å². The van der Waals surface area contributed by atoms with Crippen molar-refractivity contribution in [2.75, 3.05) is 0 Å². The topological polar surface area (TPSA) is 36.7 Å². The maximum atomic E-state index is 9.90. The van der Waals surface area contributed by atoms with Crippen LogP contribution in [0.15, 0.2) is 85.1 Å². The van der Waals surface area contributed by atoms with Crippen molar-refractivity contribution in [2.24, 2.45) is 5.41 Å². The molecule has 3 heteroatoms. The molecule has 2 nitrogen and oxygen atoms in total. The van der Waals surface area contributed by atoms with Crippen LogP contribution in [0.4, 0.5) is 0 Å². The van der Waals surface area contributed by atoms with Gasteiger partial charge in [0, 0.05) is 27.1 Å². The van der Waals surface area contributed by atoms with E-state index in [9.17, 15) is 5.26 Å². The predicted molar refractivity (Wildman–Crippen MR) is 163 cm³/mol. The Balaban J connectivity index is 1.54. The van der Waals surface area contributed by atoms with E-state index >= 15 is 0 Å². The minimum Gasteiger partial charge on any atom is -0.255 e. The molecule has 5 aromatic rings. The summed E-state index contributed by atoms with van der Waals surface area (Å²) in [4.78, 5) is 7.00. The van der Waals surface area contributed by atoms with Gasteiger partial charge >= 0.3 is 0 Å². The molecule has 0 bridgehead atoms. The molecule has 0 fully saturated rings. The molecule has 5 rings (SSSR count). The molecule has 0 saturated heterocycles. The van der Waals surface area contributed by atoms with Crippen LogP contribution in [0.3, 0.4) is 0 Å². The molecule has 0 aliphatic carbocycles. The van der Waals surface area contributed by atoms with E-state index in [0.29, 0.717) is 5.56 Å². The van der Waals surface area contributed by atoms with Crippen molar-refractivity contribution >= 4 is 22.1 Å². The fraction of sp³-hybridized carbons (Fsp3) is 0.257. The number of fused-ring (bicyclic) bond motifs is 1.